The zero-order valence-electron chi connectivity index (χ0n) is 12.8. The quantitative estimate of drug-likeness (QED) is 0.794. The van der Waals surface area contributed by atoms with Crippen molar-refractivity contribution in [1.82, 2.24) is 0 Å². The average Bonchev–Trinajstić information content (AvgIpc) is 2.48. The van der Waals surface area contributed by atoms with Gasteiger partial charge in [0.05, 0.1) is 13.2 Å². The summed E-state index contributed by atoms with van der Waals surface area (Å²) in [5, 5.41) is 0. The Morgan fingerprint density at radius 1 is 0.714 bits per heavy atom. The maximum atomic E-state index is 5.86. The summed E-state index contributed by atoms with van der Waals surface area (Å²) in [5.74, 6) is 0.730. The molecule has 112 valence electrons. The first-order chi connectivity index (χ1) is 10.1. The minimum Gasteiger partial charge on any atom is -0.399 e. The molecule has 0 bridgehead atoms. The van der Waals surface area contributed by atoms with Crippen LogP contribution in [-0.2, 0) is 4.74 Å². The van der Waals surface area contributed by atoms with E-state index in [4.69, 9.17) is 16.2 Å². The second kappa shape index (κ2) is 7.14. The molecule has 3 heteroatoms. The number of hydrogen-bond acceptors (Lipinski definition) is 3. The Kier molecular flexibility index (Phi) is 5.23. The predicted molar refractivity (Wildman–Crippen MR) is 89.4 cm³/mol. The highest BCUT2D eigenvalue weighted by Crippen LogP contribution is 2.20. The Morgan fingerprint density at radius 3 is 1.38 bits per heavy atom. The van der Waals surface area contributed by atoms with Crippen LogP contribution in [0.3, 0.4) is 0 Å². The summed E-state index contributed by atoms with van der Waals surface area (Å²) in [6.07, 6.45) is 0. The second-order valence-electron chi connectivity index (χ2n) is 5.67. The highest BCUT2D eigenvalue weighted by Gasteiger charge is 2.09. The molecule has 0 aliphatic carbocycles. The average molecular weight is 284 g/mol. The maximum absolute atomic E-state index is 5.86. The van der Waals surface area contributed by atoms with E-state index >= 15 is 0 Å². The Bertz CT molecular complexity index is 497. The van der Waals surface area contributed by atoms with E-state index in [9.17, 15) is 0 Å². The van der Waals surface area contributed by atoms with E-state index in [2.05, 4.69) is 38.1 Å². The van der Waals surface area contributed by atoms with E-state index in [0.29, 0.717) is 25.0 Å². The van der Waals surface area contributed by atoms with Crippen LogP contribution >= 0.6 is 0 Å². The first kappa shape index (κ1) is 15.4. The van der Waals surface area contributed by atoms with E-state index in [-0.39, 0.29) is 0 Å². The topological polar surface area (TPSA) is 61.3 Å². The molecule has 2 aromatic carbocycles. The third-order valence-electron chi connectivity index (χ3n) is 3.75. The van der Waals surface area contributed by atoms with Crippen molar-refractivity contribution in [3.63, 3.8) is 0 Å². The molecule has 21 heavy (non-hydrogen) atoms. The molecule has 0 aromatic heterocycles. The number of rotatable bonds is 6. The Labute approximate surface area is 126 Å². The first-order valence-electron chi connectivity index (χ1n) is 7.35. The number of nitrogens with two attached hydrogens (primary N) is 2. The molecule has 0 saturated heterocycles. The standard InChI is InChI=1S/C18H24N2O/c1-13(15-3-7-17(19)8-4-15)11-21-12-14(2)16-5-9-18(20)10-6-16/h3-10,13-14H,11-12,19-20H2,1-2H3. The Hall–Kier alpha value is -2.00. The molecule has 2 aromatic rings. The molecule has 0 heterocycles. The Morgan fingerprint density at radius 2 is 1.05 bits per heavy atom. The lowest BCUT2D eigenvalue weighted by Crippen LogP contribution is -2.10. The summed E-state index contributed by atoms with van der Waals surface area (Å²) in [6, 6.07) is 16.0. The number of hydrogen-bond donors (Lipinski definition) is 2. The van der Waals surface area contributed by atoms with Crippen LogP contribution in [0.1, 0.15) is 36.8 Å². The summed E-state index contributed by atoms with van der Waals surface area (Å²) in [7, 11) is 0. The van der Waals surface area contributed by atoms with Gasteiger partial charge in [0.2, 0.25) is 0 Å². The van der Waals surface area contributed by atoms with Crippen molar-refractivity contribution in [1.29, 1.82) is 0 Å². The summed E-state index contributed by atoms with van der Waals surface area (Å²) in [6.45, 7) is 5.76. The van der Waals surface area contributed by atoms with Crippen molar-refractivity contribution < 1.29 is 4.74 Å². The van der Waals surface area contributed by atoms with Crippen LogP contribution in [0.15, 0.2) is 48.5 Å². The van der Waals surface area contributed by atoms with E-state index in [1.54, 1.807) is 0 Å². The van der Waals surface area contributed by atoms with Crippen LogP contribution in [0, 0.1) is 0 Å². The second-order valence-corrected chi connectivity index (χ2v) is 5.67. The van der Waals surface area contributed by atoms with Crippen molar-refractivity contribution in [2.24, 2.45) is 0 Å². The molecule has 0 fully saturated rings. The molecule has 0 saturated carbocycles. The van der Waals surface area contributed by atoms with Crippen molar-refractivity contribution in [3.05, 3.63) is 59.7 Å². The van der Waals surface area contributed by atoms with Gasteiger partial charge >= 0.3 is 0 Å². The first-order valence-corrected chi connectivity index (χ1v) is 7.35. The smallest absolute Gasteiger partial charge is 0.0532 e. The minimum absolute atomic E-state index is 0.365. The van der Waals surface area contributed by atoms with Gasteiger partial charge in [0.1, 0.15) is 0 Å². The van der Waals surface area contributed by atoms with E-state index < -0.39 is 0 Å². The van der Waals surface area contributed by atoms with Crippen molar-refractivity contribution in [2.75, 3.05) is 24.7 Å². The highest BCUT2D eigenvalue weighted by molar-refractivity contribution is 5.40. The normalized spacial score (nSPS) is 13.8. The SMILES string of the molecule is CC(COCC(C)c1ccc(N)cc1)c1ccc(N)cc1. The van der Waals surface area contributed by atoms with Crippen molar-refractivity contribution >= 4 is 11.4 Å². The van der Waals surface area contributed by atoms with E-state index in [1.807, 2.05) is 24.3 Å². The highest BCUT2D eigenvalue weighted by atomic mass is 16.5. The molecule has 0 radical (unpaired) electrons. The van der Waals surface area contributed by atoms with Gasteiger partial charge in [0.15, 0.2) is 0 Å². The number of benzene rings is 2. The van der Waals surface area contributed by atoms with Crippen molar-refractivity contribution in [3.8, 4) is 0 Å². The van der Waals surface area contributed by atoms with Gasteiger partial charge in [-0.05, 0) is 35.4 Å². The molecular formula is C18H24N2O. The minimum atomic E-state index is 0.365. The van der Waals surface area contributed by atoms with Crippen LogP contribution in [-0.4, -0.2) is 13.2 Å². The maximum Gasteiger partial charge on any atom is 0.0532 e. The monoisotopic (exact) mass is 284 g/mol. The third-order valence-corrected chi connectivity index (χ3v) is 3.75. The molecule has 0 aliphatic heterocycles. The number of nitrogen functional groups attached to an aromatic ring is 2. The van der Waals surface area contributed by atoms with Gasteiger partial charge in [-0.1, -0.05) is 38.1 Å². The summed E-state index contributed by atoms with van der Waals surface area (Å²) in [5.41, 5.74) is 15.5. The van der Waals surface area contributed by atoms with Crippen LogP contribution in [0.5, 0.6) is 0 Å². The van der Waals surface area contributed by atoms with Gasteiger partial charge in [-0.15, -0.1) is 0 Å². The molecular weight excluding hydrogens is 260 g/mol. The lowest BCUT2D eigenvalue weighted by molar-refractivity contribution is 0.113. The Balaban J connectivity index is 1.80. The van der Waals surface area contributed by atoms with Crippen molar-refractivity contribution in [2.45, 2.75) is 25.7 Å². The molecule has 2 unspecified atom stereocenters. The fourth-order valence-electron chi connectivity index (χ4n) is 2.26. The van der Waals surface area contributed by atoms with Crippen LogP contribution in [0.4, 0.5) is 11.4 Å². The fraction of sp³-hybridized carbons (Fsp3) is 0.333. The van der Waals surface area contributed by atoms with Gasteiger partial charge in [0.25, 0.3) is 0 Å². The van der Waals surface area contributed by atoms with E-state index in [0.717, 1.165) is 11.4 Å². The third kappa shape index (κ3) is 4.50. The molecule has 3 nitrogen and oxygen atoms in total. The zero-order chi connectivity index (χ0) is 15.2. The van der Waals surface area contributed by atoms with Gasteiger partial charge in [-0.3, -0.25) is 0 Å². The van der Waals surface area contributed by atoms with E-state index in [1.165, 1.54) is 11.1 Å². The lowest BCUT2D eigenvalue weighted by atomic mass is 10.0. The van der Waals surface area contributed by atoms with Gasteiger partial charge in [-0.2, -0.15) is 0 Å². The summed E-state index contributed by atoms with van der Waals surface area (Å²) < 4.78 is 5.86. The van der Waals surface area contributed by atoms with Crippen LogP contribution < -0.4 is 11.5 Å². The summed E-state index contributed by atoms with van der Waals surface area (Å²) >= 11 is 0. The number of ether oxygens (including phenoxy) is 1. The molecule has 2 atom stereocenters. The molecule has 0 spiro atoms. The lowest BCUT2D eigenvalue weighted by Gasteiger charge is -2.16. The van der Waals surface area contributed by atoms with Gasteiger partial charge in [-0.25, -0.2) is 0 Å². The zero-order valence-corrected chi connectivity index (χ0v) is 12.8. The van der Waals surface area contributed by atoms with Crippen LogP contribution in [0.25, 0.3) is 0 Å². The van der Waals surface area contributed by atoms with Gasteiger partial charge < -0.3 is 16.2 Å². The predicted octanol–water partition coefficient (Wildman–Crippen LogP) is 3.77. The number of anilines is 2. The van der Waals surface area contributed by atoms with Gasteiger partial charge in [0, 0.05) is 23.2 Å². The fourth-order valence-corrected chi connectivity index (χ4v) is 2.26. The summed E-state index contributed by atoms with van der Waals surface area (Å²) in [4.78, 5) is 0. The molecule has 0 aliphatic rings. The van der Waals surface area contributed by atoms with Crippen LogP contribution in [0.2, 0.25) is 0 Å². The molecule has 2 rings (SSSR count). The molecule has 4 N–H and O–H groups in total. The molecule has 0 amide bonds. The largest absolute Gasteiger partial charge is 0.399 e.